The van der Waals surface area contributed by atoms with Crippen molar-refractivity contribution in [1.82, 2.24) is 14.6 Å². The van der Waals surface area contributed by atoms with Crippen molar-refractivity contribution in [1.29, 1.82) is 0 Å². The van der Waals surface area contributed by atoms with Crippen molar-refractivity contribution < 1.29 is 4.79 Å². The fourth-order valence-electron chi connectivity index (χ4n) is 2.56. The molecule has 0 unspecified atom stereocenters. The number of aromatic nitrogens is 3. The Kier molecular flexibility index (Phi) is 4.09. The summed E-state index contributed by atoms with van der Waals surface area (Å²) in [6.45, 7) is 8.15. The lowest BCUT2D eigenvalue weighted by Crippen LogP contribution is -2.20. The van der Waals surface area contributed by atoms with Gasteiger partial charge in [0.15, 0.2) is 5.65 Å². The number of carbonyl (C=O) groups excluding carboxylic acids is 1. The fourth-order valence-corrected chi connectivity index (χ4v) is 2.56. The molecule has 0 saturated carbocycles. The van der Waals surface area contributed by atoms with Gasteiger partial charge in [0.1, 0.15) is 0 Å². The Hall–Kier alpha value is -2.69. The molecule has 0 atom stereocenters. The molecule has 0 aliphatic carbocycles. The Morgan fingerprint density at radius 3 is 2.75 bits per heavy atom. The van der Waals surface area contributed by atoms with Crippen LogP contribution in [0.3, 0.4) is 0 Å². The molecular formula is C19H22N4O. The molecule has 0 spiro atoms. The zero-order valence-electron chi connectivity index (χ0n) is 14.5. The van der Waals surface area contributed by atoms with Crippen molar-refractivity contribution in [2.75, 3.05) is 5.32 Å². The first kappa shape index (κ1) is 16.2. The number of carbonyl (C=O) groups is 1. The molecule has 24 heavy (non-hydrogen) atoms. The van der Waals surface area contributed by atoms with Gasteiger partial charge in [-0.1, -0.05) is 32.9 Å². The third kappa shape index (κ3) is 3.62. The maximum Gasteiger partial charge on any atom is 0.224 e. The second-order valence-corrected chi connectivity index (χ2v) is 7.27. The molecule has 0 fully saturated rings. The lowest BCUT2D eigenvalue weighted by Gasteiger charge is -2.18. The van der Waals surface area contributed by atoms with Gasteiger partial charge in [0.2, 0.25) is 5.91 Å². The molecular weight excluding hydrogens is 300 g/mol. The quantitative estimate of drug-likeness (QED) is 0.790. The first-order chi connectivity index (χ1) is 11.3. The summed E-state index contributed by atoms with van der Waals surface area (Å²) in [4.78, 5) is 16.8. The van der Waals surface area contributed by atoms with E-state index < -0.39 is 0 Å². The number of fused-ring (bicyclic) bond motifs is 1. The van der Waals surface area contributed by atoms with E-state index in [1.165, 1.54) is 0 Å². The molecule has 0 saturated heterocycles. The van der Waals surface area contributed by atoms with Crippen LogP contribution in [0, 0.1) is 12.3 Å². The predicted molar refractivity (Wildman–Crippen MR) is 95.9 cm³/mol. The van der Waals surface area contributed by atoms with E-state index in [-0.39, 0.29) is 11.3 Å². The van der Waals surface area contributed by atoms with E-state index in [1.54, 1.807) is 10.7 Å². The molecule has 0 bridgehead atoms. The highest BCUT2D eigenvalue weighted by Gasteiger charge is 2.17. The van der Waals surface area contributed by atoms with Gasteiger partial charge in [0.25, 0.3) is 0 Å². The van der Waals surface area contributed by atoms with Crippen LogP contribution in [0.1, 0.15) is 32.8 Å². The highest BCUT2D eigenvalue weighted by Crippen LogP contribution is 2.26. The summed E-state index contributed by atoms with van der Waals surface area (Å²) in [5.41, 5.74) is 4.40. The van der Waals surface area contributed by atoms with E-state index in [0.717, 1.165) is 28.2 Å². The number of hydrogen-bond acceptors (Lipinski definition) is 3. The molecule has 0 radical (unpaired) electrons. The average molecular weight is 322 g/mol. The van der Waals surface area contributed by atoms with Gasteiger partial charge in [0, 0.05) is 23.9 Å². The third-order valence-electron chi connectivity index (χ3n) is 3.74. The van der Waals surface area contributed by atoms with Gasteiger partial charge in [-0.05, 0) is 36.1 Å². The van der Waals surface area contributed by atoms with Crippen LogP contribution in [0.15, 0.2) is 42.7 Å². The van der Waals surface area contributed by atoms with Gasteiger partial charge < -0.3 is 5.32 Å². The van der Waals surface area contributed by atoms with Crippen LogP contribution in [0.2, 0.25) is 0 Å². The molecule has 1 aromatic carbocycles. The van der Waals surface area contributed by atoms with Crippen molar-refractivity contribution in [3.05, 3.63) is 48.3 Å². The van der Waals surface area contributed by atoms with Gasteiger partial charge in [-0.3, -0.25) is 4.79 Å². The molecule has 2 heterocycles. The molecule has 3 aromatic rings. The number of nitrogens with one attached hydrogen (secondary N) is 1. The Morgan fingerprint density at radius 2 is 2.04 bits per heavy atom. The summed E-state index contributed by atoms with van der Waals surface area (Å²) < 4.78 is 1.74. The van der Waals surface area contributed by atoms with E-state index in [9.17, 15) is 4.79 Å². The van der Waals surface area contributed by atoms with Crippen molar-refractivity contribution in [3.63, 3.8) is 0 Å². The highest BCUT2D eigenvalue weighted by atomic mass is 16.1. The maximum atomic E-state index is 12.2. The second kappa shape index (κ2) is 6.07. The van der Waals surface area contributed by atoms with Crippen LogP contribution < -0.4 is 5.32 Å². The lowest BCUT2D eigenvalue weighted by molar-refractivity contribution is -0.117. The van der Waals surface area contributed by atoms with Gasteiger partial charge in [-0.2, -0.15) is 5.10 Å². The first-order valence-electron chi connectivity index (χ1n) is 8.03. The Bertz CT molecular complexity index is 857. The molecule has 0 aliphatic heterocycles. The van der Waals surface area contributed by atoms with E-state index in [0.29, 0.717) is 6.42 Å². The zero-order valence-corrected chi connectivity index (χ0v) is 14.5. The minimum atomic E-state index is -0.0388. The summed E-state index contributed by atoms with van der Waals surface area (Å²) in [5.74, 6) is 0.0272. The summed E-state index contributed by atoms with van der Waals surface area (Å²) in [6, 6.07) is 9.75. The van der Waals surface area contributed by atoms with Crippen LogP contribution in [0.4, 0.5) is 5.69 Å². The normalized spacial score (nSPS) is 11.7. The summed E-state index contributed by atoms with van der Waals surface area (Å²) in [6.07, 6.45) is 4.10. The minimum absolute atomic E-state index is 0.0272. The molecule has 124 valence electrons. The Labute approximate surface area is 141 Å². The molecule has 1 amide bonds. The summed E-state index contributed by atoms with van der Waals surface area (Å²) >= 11 is 0. The van der Waals surface area contributed by atoms with Gasteiger partial charge in [0.05, 0.1) is 11.9 Å². The van der Waals surface area contributed by atoms with Crippen molar-refractivity contribution in [2.24, 2.45) is 5.41 Å². The van der Waals surface area contributed by atoms with Crippen molar-refractivity contribution >= 4 is 17.2 Å². The highest BCUT2D eigenvalue weighted by molar-refractivity contribution is 5.92. The third-order valence-corrected chi connectivity index (χ3v) is 3.74. The molecule has 2 aromatic heterocycles. The van der Waals surface area contributed by atoms with E-state index in [2.05, 4.69) is 36.2 Å². The lowest BCUT2D eigenvalue weighted by atomic mass is 9.92. The smallest absolute Gasteiger partial charge is 0.224 e. The standard InChI is InChI=1S/C19H22N4O/c1-13-7-8-14(10-15(13)22-18(24)11-19(2,3)4)16-12-23-17(21-16)6-5-9-20-23/h5-10,12H,11H2,1-4H3,(H,22,24). The van der Waals surface area contributed by atoms with Crippen LogP contribution in [-0.2, 0) is 4.79 Å². The maximum absolute atomic E-state index is 12.2. The number of anilines is 1. The topological polar surface area (TPSA) is 59.3 Å². The molecule has 1 N–H and O–H groups in total. The van der Waals surface area contributed by atoms with Gasteiger partial charge >= 0.3 is 0 Å². The van der Waals surface area contributed by atoms with Crippen molar-refractivity contribution in [2.45, 2.75) is 34.1 Å². The number of amides is 1. The van der Waals surface area contributed by atoms with E-state index in [1.807, 2.05) is 43.5 Å². The fraction of sp³-hybridized carbons (Fsp3) is 0.316. The van der Waals surface area contributed by atoms with E-state index >= 15 is 0 Å². The monoisotopic (exact) mass is 322 g/mol. The first-order valence-corrected chi connectivity index (χ1v) is 8.03. The molecule has 5 heteroatoms. The Morgan fingerprint density at radius 1 is 1.25 bits per heavy atom. The number of aryl methyl sites for hydroxylation is 1. The van der Waals surface area contributed by atoms with Crippen LogP contribution in [-0.4, -0.2) is 20.5 Å². The number of benzene rings is 1. The largest absolute Gasteiger partial charge is 0.326 e. The number of imidazole rings is 1. The summed E-state index contributed by atoms with van der Waals surface area (Å²) in [5, 5.41) is 7.26. The van der Waals surface area contributed by atoms with Gasteiger partial charge in [-0.25, -0.2) is 9.50 Å². The SMILES string of the molecule is Cc1ccc(-c2cn3ncccc3n2)cc1NC(=O)CC(C)(C)C. The number of rotatable bonds is 3. The Balaban J connectivity index is 1.89. The number of hydrogen-bond donors (Lipinski definition) is 1. The van der Waals surface area contributed by atoms with Crippen LogP contribution >= 0.6 is 0 Å². The number of nitrogens with zero attached hydrogens (tertiary/aromatic N) is 3. The average Bonchev–Trinajstić information content (AvgIpc) is 2.91. The molecule has 3 rings (SSSR count). The molecule has 0 aliphatic rings. The van der Waals surface area contributed by atoms with Gasteiger partial charge in [-0.15, -0.1) is 0 Å². The van der Waals surface area contributed by atoms with E-state index in [4.69, 9.17) is 0 Å². The van der Waals surface area contributed by atoms with Crippen LogP contribution in [0.5, 0.6) is 0 Å². The molecule has 5 nitrogen and oxygen atoms in total. The second-order valence-electron chi connectivity index (χ2n) is 7.27. The van der Waals surface area contributed by atoms with Crippen molar-refractivity contribution in [3.8, 4) is 11.3 Å². The predicted octanol–water partition coefficient (Wildman–Crippen LogP) is 4.08. The summed E-state index contributed by atoms with van der Waals surface area (Å²) in [7, 11) is 0. The zero-order chi connectivity index (χ0) is 17.3. The minimum Gasteiger partial charge on any atom is -0.326 e. The van der Waals surface area contributed by atoms with Crippen LogP contribution in [0.25, 0.3) is 16.9 Å².